The quantitative estimate of drug-likeness (QED) is 0.885. The van der Waals surface area contributed by atoms with E-state index in [1.54, 1.807) is 0 Å². The number of benzene rings is 1. The van der Waals surface area contributed by atoms with Gasteiger partial charge >= 0.3 is 0 Å². The topological polar surface area (TPSA) is 63.6 Å². The Bertz CT molecular complexity index is 694. The maximum Gasteiger partial charge on any atom is 0.246 e. The minimum atomic E-state index is -0.152. The van der Waals surface area contributed by atoms with E-state index in [-0.39, 0.29) is 12.3 Å². The van der Waals surface area contributed by atoms with Crippen LogP contribution in [0.2, 0.25) is 0 Å². The van der Waals surface area contributed by atoms with Crippen molar-refractivity contribution in [3.05, 3.63) is 45.9 Å². The third kappa shape index (κ3) is 3.28. The summed E-state index contributed by atoms with van der Waals surface area (Å²) < 4.78 is 5.56. The van der Waals surface area contributed by atoms with E-state index in [4.69, 9.17) is 4.74 Å². The first-order chi connectivity index (χ1) is 10.2. The number of hydrazone groups is 1. The SMILES string of the molecule is Cc1csc(CC(=O)NN=C2CCOc3ccccc32)n1. The van der Waals surface area contributed by atoms with Crippen LogP contribution in [0, 0.1) is 6.92 Å². The largest absolute Gasteiger partial charge is 0.492 e. The Balaban J connectivity index is 1.68. The van der Waals surface area contributed by atoms with Gasteiger partial charge in [-0.3, -0.25) is 4.79 Å². The highest BCUT2D eigenvalue weighted by Crippen LogP contribution is 2.24. The van der Waals surface area contributed by atoms with Crippen molar-refractivity contribution in [1.29, 1.82) is 0 Å². The van der Waals surface area contributed by atoms with Gasteiger partial charge in [0, 0.05) is 23.1 Å². The molecule has 0 unspecified atom stereocenters. The van der Waals surface area contributed by atoms with Crippen molar-refractivity contribution in [3.63, 3.8) is 0 Å². The molecule has 1 aromatic carbocycles. The van der Waals surface area contributed by atoms with E-state index in [9.17, 15) is 4.79 Å². The lowest BCUT2D eigenvalue weighted by Crippen LogP contribution is -2.24. The zero-order chi connectivity index (χ0) is 14.7. The van der Waals surface area contributed by atoms with Gasteiger partial charge in [-0.05, 0) is 19.1 Å². The van der Waals surface area contributed by atoms with Gasteiger partial charge in [0.2, 0.25) is 5.91 Å². The summed E-state index contributed by atoms with van der Waals surface area (Å²) in [6.45, 7) is 2.49. The molecule has 1 N–H and O–H groups in total. The highest BCUT2D eigenvalue weighted by molar-refractivity contribution is 7.09. The highest BCUT2D eigenvalue weighted by Gasteiger charge is 2.16. The van der Waals surface area contributed by atoms with Crippen LogP contribution in [-0.2, 0) is 11.2 Å². The van der Waals surface area contributed by atoms with Crippen molar-refractivity contribution in [2.75, 3.05) is 6.61 Å². The number of fused-ring (bicyclic) bond motifs is 1. The molecule has 0 radical (unpaired) electrons. The van der Waals surface area contributed by atoms with Crippen molar-refractivity contribution in [3.8, 4) is 5.75 Å². The fourth-order valence-electron chi connectivity index (χ4n) is 2.13. The number of aryl methyl sites for hydroxylation is 1. The molecule has 1 aromatic heterocycles. The molecule has 0 spiro atoms. The minimum absolute atomic E-state index is 0.152. The van der Waals surface area contributed by atoms with Gasteiger partial charge in [-0.15, -0.1) is 11.3 Å². The molecule has 0 saturated heterocycles. The summed E-state index contributed by atoms with van der Waals surface area (Å²) in [7, 11) is 0. The second-order valence-corrected chi connectivity index (χ2v) is 5.69. The Kier molecular flexibility index (Phi) is 3.96. The van der Waals surface area contributed by atoms with Crippen LogP contribution in [0.25, 0.3) is 0 Å². The van der Waals surface area contributed by atoms with Crippen molar-refractivity contribution in [1.82, 2.24) is 10.4 Å². The molecule has 0 fully saturated rings. The molecule has 2 heterocycles. The van der Waals surface area contributed by atoms with E-state index in [1.165, 1.54) is 11.3 Å². The van der Waals surface area contributed by atoms with Crippen LogP contribution in [0.5, 0.6) is 5.75 Å². The van der Waals surface area contributed by atoms with Crippen LogP contribution in [-0.4, -0.2) is 23.2 Å². The number of ether oxygens (including phenoxy) is 1. The fraction of sp³-hybridized carbons (Fsp3) is 0.267. The molecule has 2 aromatic rings. The lowest BCUT2D eigenvalue weighted by molar-refractivity contribution is -0.120. The molecule has 0 aliphatic carbocycles. The van der Waals surface area contributed by atoms with Crippen molar-refractivity contribution < 1.29 is 9.53 Å². The molecule has 5 nitrogen and oxygen atoms in total. The summed E-state index contributed by atoms with van der Waals surface area (Å²) in [6.07, 6.45) is 0.946. The standard InChI is InChI=1S/C15H15N3O2S/c1-10-9-21-15(16-10)8-14(19)18-17-12-6-7-20-13-5-3-2-4-11(12)13/h2-5,9H,6-8H2,1H3,(H,18,19). The number of rotatable bonds is 3. The molecule has 0 bridgehead atoms. The Morgan fingerprint density at radius 3 is 3.14 bits per heavy atom. The van der Waals surface area contributed by atoms with E-state index in [0.29, 0.717) is 13.0 Å². The first-order valence-corrected chi connectivity index (χ1v) is 7.59. The molecule has 108 valence electrons. The summed E-state index contributed by atoms with van der Waals surface area (Å²) >= 11 is 1.49. The maximum atomic E-state index is 11.9. The van der Waals surface area contributed by atoms with Crippen LogP contribution in [0.4, 0.5) is 0 Å². The van der Waals surface area contributed by atoms with Crippen molar-refractivity contribution in [2.45, 2.75) is 19.8 Å². The van der Waals surface area contributed by atoms with E-state index >= 15 is 0 Å². The number of thiazole rings is 1. The summed E-state index contributed by atoms with van der Waals surface area (Å²) in [6, 6.07) is 7.71. The van der Waals surface area contributed by atoms with Crippen molar-refractivity contribution >= 4 is 23.0 Å². The third-order valence-corrected chi connectivity index (χ3v) is 4.05. The highest BCUT2D eigenvalue weighted by atomic mass is 32.1. The monoisotopic (exact) mass is 301 g/mol. The number of nitrogens with one attached hydrogen (secondary N) is 1. The molecule has 3 rings (SSSR count). The number of amides is 1. The molecule has 6 heteroatoms. The zero-order valence-electron chi connectivity index (χ0n) is 11.6. The van der Waals surface area contributed by atoms with Gasteiger partial charge in [0.25, 0.3) is 0 Å². The van der Waals surface area contributed by atoms with Crippen LogP contribution in [0.3, 0.4) is 0 Å². The van der Waals surface area contributed by atoms with Crippen LogP contribution >= 0.6 is 11.3 Å². The second-order valence-electron chi connectivity index (χ2n) is 4.75. The number of carbonyl (C=O) groups is 1. The lowest BCUT2D eigenvalue weighted by atomic mass is 10.0. The predicted molar refractivity (Wildman–Crippen MR) is 81.8 cm³/mol. The van der Waals surface area contributed by atoms with E-state index in [2.05, 4.69) is 15.5 Å². The summed E-state index contributed by atoms with van der Waals surface area (Å²) in [4.78, 5) is 16.2. The third-order valence-electron chi connectivity index (χ3n) is 3.09. The second kappa shape index (κ2) is 6.05. The maximum absolute atomic E-state index is 11.9. The Morgan fingerprint density at radius 2 is 2.33 bits per heavy atom. The van der Waals surface area contributed by atoms with E-state index in [0.717, 1.165) is 27.7 Å². The van der Waals surface area contributed by atoms with Crippen LogP contribution in [0.1, 0.15) is 22.7 Å². The van der Waals surface area contributed by atoms with Crippen molar-refractivity contribution in [2.24, 2.45) is 5.10 Å². The predicted octanol–water partition coefficient (Wildman–Crippen LogP) is 2.30. The summed E-state index contributed by atoms with van der Waals surface area (Å²) in [5.74, 6) is 0.660. The van der Waals surface area contributed by atoms with Gasteiger partial charge in [-0.1, -0.05) is 12.1 Å². The number of hydrogen-bond donors (Lipinski definition) is 1. The first kappa shape index (κ1) is 13.8. The Labute approximate surface area is 126 Å². The van der Waals surface area contributed by atoms with Gasteiger partial charge in [-0.2, -0.15) is 5.10 Å². The summed E-state index contributed by atoms with van der Waals surface area (Å²) in [5, 5.41) is 6.98. The molecule has 0 atom stereocenters. The Morgan fingerprint density at radius 1 is 1.48 bits per heavy atom. The van der Waals surface area contributed by atoms with Crippen LogP contribution < -0.4 is 10.2 Å². The van der Waals surface area contributed by atoms with Gasteiger partial charge in [0.05, 0.1) is 18.7 Å². The molecule has 1 aliphatic rings. The first-order valence-electron chi connectivity index (χ1n) is 6.71. The average molecular weight is 301 g/mol. The van der Waals surface area contributed by atoms with E-state index < -0.39 is 0 Å². The van der Waals surface area contributed by atoms with Gasteiger partial charge < -0.3 is 4.74 Å². The number of nitrogens with zero attached hydrogens (tertiary/aromatic N) is 2. The van der Waals surface area contributed by atoms with Crippen LogP contribution in [0.15, 0.2) is 34.7 Å². The molecule has 0 saturated carbocycles. The number of hydrogen-bond acceptors (Lipinski definition) is 5. The molecule has 1 amide bonds. The minimum Gasteiger partial charge on any atom is -0.492 e. The number of aromatic nitrogens is 1. The molecular weight excluding hydrogens is 286 g/mol. The molecular formula is C15H15N3O2S. The molecule has 21 heavy (non-hydrogen) atoms. The smallest absolute Gasteiger partial charge is 0.246 e. The molecule has 1 aliphatic heterocycles. The van der Waals surface area contributed by atoms with Gasteiger partial charge in [-0.25, -0.2) is 10.4 Å². The lowest BCUT2D eigenvalue weighted by Gasteiger charge is -2.18. The van der Waals surface area contributed by atoms with E-state index in [1.807, 2.05) is 36.6 Å². The normalized spacial score (nSPS) is 15.4. The number of carbonyl (C=O) groups excluding carboxylic acids is 1. The summed E-state index contributed by atoms with van der Waals surface area (Å²) in [5.41, 5.74) is 5.34. The Hall–Kier alpha value is -2.21. The fourth-order valence-corrected chi connectivity index (χ4v) is 2.90. The number of para-hydroxylation sites is 1. The zero-order valence-corrected chi connectivity index (χ0v) is 12.4. The average Bonchev–Trinajstić information content (AvgIpc) is 2.90. The van der Waals surface area contributed by atoms with Gasteiger partial charge in [0.15, 0.2) is 0 Å². The van der Waals surface area contributed by atoms with Gasteiger partial charge in [0.1, 0.15) is 10.8 Å².